The first kappa shape index (κ1) is 11.2. The lowest BCUT2D eigenvalue weighted by Crippen LogP contribution is -2.07. The molecule has 0 spiro atoms. The van der Waals surface area contributed by atoms with Crippen LogP contribution < -0.4 is 5.32 Å². The molecule has 1 aromatic heterocycles. The minimum atomic E-state index is -0.417. The molecule has 0 atom stereocenters. The maximum atomic E-state index is 10.8. The van der Waals surface area contributed by atoms with Crippen molar-refractivity contribution in [2.75, 3.05) is 11.9 Å². The first-order valence-electron chi connectivity index (χ1n) is 4.68. The van der Waals surface area contributed by atoms with E-state index in [1.807, 2.05) is 6.92 Å². The van der Waals surface area contributed by atoms with Gasteiger partial charge in [-0.15, -0.1) is 6.58 Å². The lowest BCUT2D eigenvalue weighted by molar-refractivity contribution is -0.384. The van der Waals surface area contributed by atoms with Crippen molar-refractivity contribution in [2.45, 2.75) is 20.4 Å². The van der Waals surface area contributed by atoms with Crippen molar-refractivity contribution in [1.82, 2.24) is 9.78 Å². The van der Waals surface area contributed by atoms with Crippen LogP contribution in [0.15, 0.2) is 12.7 Å². The predicted molar refractivity (Wildman–Crippen MR) is 58.0 cm³/mol. The Hall–Kier alpha value is -1.85. The van der Waals surface area contributed by atoms with Crippen LogP contribution in [-0.2, 0) is 6.54 Å². The molecule has 1 aromatic rings. The molecule has 0 amide bonds. The Balaban J connectivity index is 3.16. The Bertz CT molecular complexity index is 384. The van der Waals surface area contributed by atoms with Crippen molar-refractivity contribution >= 4 is 11.5 Å². The van der Waals surface area contributed by atoms with E-state index in [2.05, 4.69) is 17.0 Å². The van der Waals surface area contributed by atoms with Gasteiger partial charge in [-0.05, 0) is 13.8 Å². The standard InChI is InChI=1S/C9H14N4O2/c1-4-6-10-9-8(13(14)15)7(3)11-12(9)5-2/h4,10H,1,5-6H2,2-3H3. The first-order chi connectivity index (χ1) is 7.11. The molecule has 1 N–H and O–H groups in total. The van der Waals surface area contributed by atoms with Crippen LogP contribution in [0.25, 0.3) is 0 Å². The zero-order valence-electron chi connectivity index (χ0n) is 8.86. The average Bonchev–Trinajstić information content (AvgIpc) is 2.51. The van der Waals surface area contributed by atoms with E-state index in [-0.39, 0.29) is 5.69 Å². The highest BCUT2D eigenvalue weighted by Gasteiger charge is 2.23. The van der Waals surface area contributed by atoms with Crippen LogP contribution in [-0.4, -0.2) is 21.2 Å². The van der Waals surface area contributed by atoms with Gasteiger partial charge in [0.05, 0.1) is 4.92 Å². The van der Waals surface area contributed by atoms with Crippen LogP contribution in [0.2, 0.25) is 0 Å². The highest BCUT2D eigenvalue weighted by molar-refractivity contribution is 5.59. The fourth-order valence-corrected chi connectivity index (χ4v) is 1.36. The van der Waals surface area contributed by atoms with E-state index in [0.29, 0.717) is 24.6 Å². The summed E-state index contributed by atoms with van der Waals surface area (Å²) in [6.45, 7) is 8.13. The van der Waals surface area contributed by atoms with Gasteiger partial charge in [-0.1, -0.05) is 6.08 Å². The molecule has 0 aliphatic carbocycles. The monoisotopic (exact) mass is 210 g/mol. The summed E-state index contributed by atoms with van der Waals surface area (Å²) >= 11 is 0. The molecule has 1 heterocycles. The third kappa shape index (κ3) is 2.15. The average molecular weight is 210 g/mol. The Morgan fingerprint density at radius 2 is 2.40 bits per heavy atom. The van der Waals surface area contributed by atoms with Gasteiger partial charge in [0, 0.05) is 13.1 Å². The van der Waals surface area contributed by atoms with Gasteiger partial charge in [-0.2, -0.15) is 5.10 Å². The molecular formula is C9H14N4O2. The number of rotatable bonds is 5. The first-order valence-corrected chi connectivity index (χ1v) is 4.68. The second kappa shape index (κ2) is 4.59. The molecule has 82 valence electrons. The molecule has 0 aromatic carbocycles. The second-order valence-corrected chi connectivity index (χ2v) is 3.03. The van der Waals surface area contributed by atoms with E-state index in [9.17, 15) is 10.1 Å². The van der Waals surface area contributed by atoms with Crippen molar-refractivity contribution in [1.29, 1.82) is 0 Å². The van der Waals surface area contributed by atoms with Crippen molar-refractivity contribution in [2.24, 2.45) is 0 Å². The van der Waals surface area contributed by atoms with Crippen LogP contribution in [0.1, 0.15) is 12.6 Å². The molecule has 15 heavy (non-hydrogen) atoms. The van der Waals surface area contributed by atoms with Gasteiger partial charge < -0.3 is 5.32 Å². The van der Waals surface area contributed by atoms with Gasteiger partial charge in [0.2, 0.25) is 5.82 Å². The molecule has 0 aliphatic rings. The van der Waals surface area contributed by atoms with E-state index in [0.717, 1.165) is 0 Å². The number of hydrogen-bond donors (Lipinski definition) is 1. The number of nitro groups is 1. The lowest BCUT2D eigenvalue weighted by Gasteiger charge is -2.04. The van der Waals surface area contributed by atoms with Crippen LogP contribution in [0.4, 0.5) is 11.5 Å². The number of nitrogens with zero attached hydrogens (tertiary/aromatic N) is 3. The third-order valence-corrected chi connectivity index (χ3v) is 1.99. The lowest BCUT2D eigenvalue weighted by atomic mass is 10.4. The fourth-order valence-electron chi connectivity index (χ4n) is 1.36. The molecule has 0 aliphatic heterocycles. The van der Waals surface area contributed by atoms with Crippen LogP contribution in [0, 0.1) is 17.0 Å². The molecule has 0 bridgehead atoms. The summed E-state index contributed by atoms with van der Waals surface area (Å²) in [6, 6.07) is 0. The minimum absolute atomic E-state index is 0.0405. The highest BCUT2D eigenvalue weighted by Crippen LogP contribution is 2.27. The summed E-state index contributed by atoms with van der Waals surface area (Å²) in [5.41, 5.74) is 0.465. The van der Waals surface area contributed by atoms with E-state index in [1.54, 1.807) is 17.7 Å². The Labute approximate surface area is 87.7 Å². The number of aromatic nitrogens is 2. The number of hydrogen-bond acceptors (Lipinski definition) is 4. The topological polar surface area (TPSA) is 73.0 Å². The van der Waals surface area contributed by atoms with Crippen LogP contribution in [0.3, 0.4) is 0 Å². The summed E-state index contributed by atoms with van der Waals surface area (Å²) in [5.74, 6) is 0.444. The van der Waals surface area contributed by atoms with Crippen molar-refractivity contribution in [3.05, 3.63) is 28.5 Å². The quantitative estimate of drug-likeness (QED) is 0.456. The van der Waals surface area contributed by atoms with Crippen molar-refractivity contribution in [3.63, 3.8) is 0 Å². The molecule has 1 rings (SSSR count). The van der Waals surface area contributed by atoms with Crippen LogP contribution >= 0.6 is 0 Å². The zero-order chi connectivity index (χ0) is 11.4. The van der Waals surface area contributed by atoms with Gasteiger partial charge in [-0.3, -0.25) is 10.1 Å². The molecule has 0 unspecified atom stereocenters. The number of aryl methyl sites for hydroxylation is 2. The van der Waals surface area contributed by atoms with Gasteiger partial charge >= 0.3 is 5.69 Å². The Kier molecular flexibility index (Phi) is 3.43. The largest absolute Gasteiger partial charge is 0.361 e. The highest BCUT2D eigenvalue weighted by atomic mass is 16.6. The summed E-state index contributed by atoms with van der Waals surface area (Å²) in [7, 11) is 0. The van der Waals surface area contributed by atoms with Gasteiger partial charge in [0.25, 0.3) is 0 Å². The van der Waals surface area contributed by atoms with E-state index in [1.165, 1.54) is 0 Å². The zero-order valence-corrected chi connectivity index (χ0v) is 8.86. The van der Waals surface area contributed by atoms with Gasteiger partial charge in [-0.25, -0.2) is 4.68 Å². The molecule has 0 saturated carbocycles. The van der Waals surface area contributed by atoms with Crippen molar-refractivity contribution < 1.29 is 4.92 Å². The van der Waals surface area contributed by atoms with E-state index < -0.39 is 4.92 Å². The Morgan fingerprint density at radius 1 is 1.73 bits per heavy atom. The fraction of sp³-hybridized carbons (Fsp3) is 0.444. The summed E-state index contributed by atoms with van der Waals surface area (Å²) in [5, 5.41) is 17.8. The number of nitrogens with one attached hydrogen (secondary N) is 1. The SMILES string of the molecule is C=CCNc1c([N+](=O)[O-])c(C)nn1CC. The maximum absolute atomic E-state index is 10.8. The molecule has 0 radical (unpaired) electrons. The normalized spacial score (nSPS) is 10.0. The summed E-state index contributed by atoms with van der Waals surface area (Å²) < 4.78 is 1.58. The molecule has 0 fully saturated rings. The second-order valence-electron chi connectivity index (χ2n) is 3.03. The van der Waals surface area contributed by atoms with E-state index >= 15 is 0 Å². The molecular weight excluding hydrogens is 196 g/mol. The minimum Gasteiger partial charge on any atom is -0.361 e. The van der Waals surface area contributed by atoms with Crippen molar-refractivity contribution in [3.8, 4) is 0 Å². The van der Waals surface area contributed by atoms with Gasteiger partial charge in [0.15, 0.2) is 0 Å². The molecule has 0 saturated heterocycles. The third-order valence-electron chi connectivity index (χ3n) is 1.99. The maximum Gasteiger partial charge on any atom is 0.333 e. The Morgan fingerprint density at radius 3 is 2.87 bits per heavy atom. The summed E-state index contributed by atoms with van der Waals surface area (Å²) in [4.78, 5) is 10.4. The predicted octanol–water partition coefficient (Wildman–Crippen LogP) is 1.72. The van der Waals surface area contributed by atoms with E-state index in [4.69, 9.17) is 0 Å². The molecule has 6 nitrogen and oxygen atoms in total. The van der Waals surface area contributed by atoms with Gasteiger partial charge in [0.1, 0.15) is 5.69 Å². The number of anilines is 1. The summed E-state index contributed by atoms with van der Waals surface area (Å²) in [6.07, 6.45) is 1.64. The molecule has 6 heteroatoms. The smallest absolute Gasteiger partial charge is 0.333 e. The van der Waals surface area contributed by atoms with Crippen LogP contribution in [0.5, 0.6) is 0 Å².